The topological polar surface area (TPSA) is 181 Å². The maximum Gasteiger partial charge on any atom is 0.356 e. The van der Waals surface area contributed by atoms with E-state index in [2.05, 4.69) is 19.9 Å². The van der Waals surface area contributed by atoms with Crippen molar-refractivity contribution in [2.45, 2.75) is 47.3 Å². The van der Waals surface area contributed by atoms with Gasteiger partial charge in [-0.3, -0.25) is 19.2 Å². The molecule has 0 bridgehead atoms. The highest BCUT2D eigenvalue weighted by Gasteiger charge is 2.39. The number of hydrogen-bond donors (Lipinski definition) is 0. The van der Waals surface area contributed by atoms with Gasteiger partial charge >= 0.3 is 23.3 Å². The Morgan fingerprint density at radius 1 is 0.630 bits per heavy atom. The zero-order chi connectivity index (χ0) is 32.6. The quantitative estimate of drug-likeness (QED) is 0.189. The van der Waals surface area contributed by atoms with Crippen LogP contribution in [0.3, 0.4) is 0 Å². The number of ether oxygens (including phenoxy) is 2. The fourth-order valence-electron chi connectivity index (χ4n) is 4.92. The second-order valence-corrected chi connectivity index (χ2v) is 14.3. The molecule has 0 unspecified atom stereocenters. The van der Waals surface area contributed by atoms with E-state index < -0.39 is 34.4 Å². The summed E-state index contributed by atoms with van der Waals surface area (Å²) in [6, 6.07) is 2.32. The predicted molar refractivity (Wildman–Crippen MR) is 170 cm³/mol. The van der Waals surface area contributed by atoms with Gasteiger partial charge < -0.3 is 9.47 Å². The molecule has 2 aliphatic heterocycles. The number of thioether (sulfide) groups is 4. The van der Waals surface area contributed by atoms with Gasteiger partial charge in [0.25, 0.3) is 11.1 Å². The van der Waals surface area contributed by atoms with Gasteiger partial charge in [-0.25, -0.2) is 28.4 Å². The lowest BCUT2D eigenvalue weighted by Gasteiger charge is -2.15. The Kier molecular flexibility index (Phi) is 7.26. The number of esters is 2. The summed E-state index contributed by atoms with van der Waals surface area (Å²) in [7, 11) is 0. The number of fused-ring (bicyclic) bond motifs is 4. The molecule has 0 saturated heterocycles. The second-order valence-electron chi connectivity index (χ2n) is 9.74. The molecule has 230 valence electrons. The van der Waals surface area contributed by atoms with E-state index in [1.165, 1.54) is 73.3 Å². The van der Waals surface area contributed by atoms with Crippen LogP contribution in [0.25, 0.3) is 19.8 Å². The fraction of sp³-hybridized carbons (Fsp3) is 0.143. The molecule has 0 fully saturated rings. The lowest BCUT2D eigenvalue weighted by molar-refractivity contribution is -0.133. The van der Waals surface area contributed by atoms with Crippen LogP contribution in [0.2, 0.25) is 0 Å². The highest BCUT2D eigenvalue weighted by Crippen LogP contribution is 2.68. The van der Waals surface area contributed by atoms with Crippen LogP contribution < -0.4 is 42.4 Å². The van der Waals surface area contributed by atoms with Crippen molar-refractivity contribution in [2.75, 3.05) is 0 Å². The Morgan fingerprint density at radius 3 is 1.30 bits per heavy atom. The summed E-state index contributed by atoms with van der Waals surface area (Å²) in [5.41, 5.74) is -1.88. The van der Waals surface area contributed by atoms with Crippen LogP contribution in [0.1, 0.15) is 25.2 Å². The first-order valence-corrected chi connectivity index (χ1v) is 16.4. The van der Waals surface area contributed by atoms with Gasteiger partial charge in [-0.05, 0) is 13.8 Å². The maximum atomic E-state index is 12.6. The molecule has 14 nitrogen and oxygen atoms in total. The number of rotatable bonds is 2. The Hall–Kier alpha value is -4.52. The molecule has 0 atom stereocenters. The molecule has 7 rings (SSSR count). The Morgan fingerprint density at radius 2 is 0.978 bits per heavy atom. The molecule has 46 heavy (non-hydrogen) atoms. The van der Waals surface area contributed by atoms with Crippen LogP contribution in [-0.2, 0) is 9.59 Å². The zero-order valence-electron chi connectivity index (χ0n) is 23.9. The molecule has 18 heteroatoms. The van der Waals surface area contributed by atoms with E-state index in [0.29, 0.717) is 49.9 Å². The lowest BCUT2D eigenvalue weighted by atomic mass is 10.3. The van der Waals surface area contributed by atoms with Crippen molar-refractivity contribution in [2.24, 2.45) is 0 Å². The molecule has 0 amide bonds. The number of carbonyl (C=O) groups is 2. The first-order valence-electron chi connectivity index (χ1n) is 13.1. The number of benzene rings is 1. The number of aryl methyl sites for hydroxylation is 2. The van der Waals surface area contributed by atoms with E-state index in [9.17, 15) is 28.8 Å². The summed E-state index contributed by atoms with van der Waals surface area (Å²) in [5.74, 6) is -0.840. The number of nitrogens with zero attached hydrogens (tertiary/aromatic N) is 6. The maximum absolute atomic E-state index is 12.6. The van der Waals surface area contributed by atoms with Crippen LogP contribution in [0.15, 0.2) is 63.3 Å². The van der Waals surface area contributed by atoms with Gasteiger partial charge in [0.1, 0.15) is 0 Å². The average Bonchev–Trinajstić information content (AvgIpc) is 3.60. The first-order chi connectivity index (χ1) is 21.9. The normalized spacial score (nSPS) is 13.7. The van der Waals surface area contributed by atoms with Gasteiger partial charge in [0, 0.05) is 38.4 Å². The van der Waals surface area contributed by atoms with Crippen LogP contribution in [0.4, 0.5) is 0 Å². The highest BCUT2D eigenvalue weighted by atomic mass is 32.2. The van der Waals surface area contributed by atoms with E-state index >= 15 is 0 Å². The minimum Gasteiger partial charge on any atom is -0.424 e. The monoisotopic (exact) mass is 692 g/mol. The molecule has 4 aromatic heterocycles. The standard InChI is InChI=1S/C28H16N6O8S4/c1-9-15(23-29-7-5-13(37)33(23)27(39)31-9)25-43-19-17(41-11(3)35)21-22(18(20(19)44-25)42-12(4)36)46-26(45-21)16-10(2)32-28(40)34-14(38)6-8-30-24(16)34/h5-8H,1-4H3. The summed E-state index contributed by atoms with van der Waals surface area (Å²) in [4.78, 5) is 93.7. The van der Waals surface area contributed by atoms with Gasteiger partial charge in [-0.1, -0.05) is 47.0 Å². The molecule has 5 aromatic rings. The van der Waals surface area contributed by atoms with Crippen LogP contribution in [-0.4, -0.2) is 40.7 Å². The Labute approximate surface area is 272 Å². The summed E-state index contributed by atoms with van der Waals surface area (Å²) in [5, 5.41) is 0.835. The van der Waals surface area contributed by atoms with Crippen molar-refractivity contribution in [3.63, 3.8) is 0 Å². The SMILES string of the molecule is CC(=O)Oc1c2c(c(OC(C)=O)c3c1SC(=c1c(C)nc(=O)n4c(=O)ccnc14)S3)SC(=c1c(C)nc(=O)n3c(=O)ccnc13)S2. The number of hydrogen-bond acceptors (Lipinski definition) is 16. The molecule has 0 saturated carbocycles. The van der Waals surface area contributed by atoms with Crippen molar-refractivity contribution < 1.29 is 19.1 Å². The van der Waals surface area contributed by atoms with Crippen LogP contribution in [0, 0.1) is 13.8 Å². The third-order valence-electron chi connectivity index (χ3n) is 6.69. The average molecular weight is 693 g/mol. The molecule has 0 spiro atoms. The van der Waals surface area contributed by atoms with Gasteiger partial charge in [-0.2, -0.15) is 9.97 Å². The van der Waals surface area contributed by atoms with E-state index in [-0.39, 0.29) is 22.8 Å². The molecular weight excluding hydrogens is 677 g/mol. The van der Waals surface area contributed by atoms with E-state index in [1.807, 2.05) is 0 Å². The Balaban J connectivity index is 1.54. The summed E-state index contributed by atoms with van der Waals surface area (Å²) in [6.45, 7) is 5.74. The summed E-state index contributed by atoms with van der Waals surface area (Å²) in [6.07, 6.45) is 2.60. The van der Waals surface area contributed by atoms with Gasteiger partial charge in [-0.15, -0.1) is 0 Å². The van der Waals surface area contributed by atoms with Crippen molar-refractivity contribution in [3.8, 4) is 11.5 Å². The van der Waals surface area contributed by atoms with Crippen LogP contribution >= 0.6 is 47.0 Å². The van der Waals surface area contributed by atoms with Gasteiger partial charge in [0.15, 0.2) is 22.8 Å². The van der Waals surface area contributed by atoms with Crippen molar-refractivity contribution >= 4 is 78.8 Å². The highest BCUT2D eigenvalue weighted by molar-refractivity contribution is 8.33. The molecular formula is C28H16N6O8S4. The zero-order valence-corrected chi connectivity index (χ0v) is 27.2. The smallest absolute Gasteiger partial charge is 0.356 e. The second kappa shape index (κ2) is 11.1. The molecule has 0 aliphatic carbocycles. The molecule has 2 aliphatic rings. The molecule has 0 N–H and O–H groups in total. The van der Waals surface area contributed by atoms with Gasteiger partial charge in [0.2, 0.25) is 0 Å². The number of aromatic nitrogens is 6. The van der Waals surface area contributed by atoms with Crippen molar-refractivity contribution in [1.29, 1.82) is 0 Å². The third kappa shape index (κ3) is 4.70. The van der Waals surface area contributed by atoms with Crippen molar-refractivity contribution in [1.82, 2.24) is 28.7 Å². The molecule has 0 radical (unpaired) electrons. The third-order valence-corrected chi connectivity index (χ3v) is 11.9. The minimum atomic E-state index is -0.768. The van der Waals surface area contributed by atoms with E-state index in [1.54, 1.807) is 13.8 Å². The van der Waals surface area contributed by atoms with E-state index in [4.69, 9.17) is 9.47 Å². The Bertz CT molecular complexity index is 2400. The minimum absolute atomic E-state index is 0.0993. The summed E-state index contributed by atoms with van der Waals surface area (Å²) < 4.78 is 14.4. The van der Waals surface area contributed by atoms with Crippen molar-refractivity contribution in [3.05, 3.63) is 88.0 Å². The predicted octanol–water partition coefficient (Wildman–Crippen LogP) is 1.05. The molecule has 1 aromatic carbocycles. The largest absolute Gasteiger partial charge is 0.424 e. The summed E-state index contributed by atoms with van der Waals surface area (Å²) >= 11 is 4.73. The number of carbonyl (C=O) groups excluding carboxylic acids is 2. The molecule has 6 heterocycles. The van der Waals surface area contributed by atoms with Crippen LogP contribution in [0.5, 0.6) is 11.5 Å². The lowest BCUT2D eigenvalue weighted by Crippen LogP contribution is -2.35. The van der Waals surface area contributed by atoms with Gasteiger partial charge in [0.05, 0.1) is 49.9 Å². The fourth-order valence-corrected chi connectivity index (χ4v) is 10.7. The van der Waals surface area contributed by atoms with E-state index in [0.717, 1.165) is 20.9 Å². The first kappa shape index (κ1) is 30.2.